The molecule has 9 heteroatoms. The molecule has 1 aliphatic rings. The molecule has 1 saturated heterocycles. The van der Waals surface area contributed by atoms with E-state index >= 15 is 0 Å². The number of rotatable bonds is 4. The summed E-state index contributed by atoms with van der Waals surface area (Å²) in [5, 5.41) is 13.9. The highest BCUT2D eigenvalue weighted by molar-refractivity contribution is 7.17. The van der Waals surface area contributed by atoms with Crippen LogP contribution in [0.5, 0.6) is 5.75 Å². The average molecular weight is 528 g/mol. The normalized spacial score (nSPS) is 17.4. The number of halogens is 3. The summed E-state index contributed by atoms with van der Waals surface area (Å²) in [7, 11) is 1.45. The van der Waals surface area contributed by atoms with Crippen molar-refractivity contribution in [1.29, 1.82) is 0 Å². The summed E-state index contributed by atoms with van der Waals surface area (Å²) in [6.07, 6.45) is 0. The molecule has 3 aromatic carbocycles. The minimum atomic E-state index is -1.12. The highest BCUT2D eigenvalue weighted by Gasteiger charge is 2.47. The molecule has 0 saturated carbocycles. The number of ether oxygens (including phenoxy) is 1. The van der Waals surface area contributed by atoms with Crippen molar-refractivity contribution in [3.05, 3.63) is 98.6 Å². The fourth-order valence-corrected chi connectivity index (χ4v) is 5.52. The van der Waals surface area contributed by atoms with Gasteiger partial charge in [0.1, 0.15) is 17.3 Å². The second-order valence-corrected chi connectivity index (χ2v) is 9.53. The smallest absolute Gasteiger partial charge is 0.300 e. The van der Waals surface area contributed by atoms with Crippen molar-refractivity contribution in [2.45, 2.75) is 6.04 Å². The zero-order chi connectivity index (χ0) is 24.9. The van der Waals surface area contributed by atoms with Gasteiger partial charge in [-0.15, -0.1) is 11.3 Å². The Kier molecular flexibility index (Phi) is 6.01. The fourth-order valence-electron chi connectivity index (χ4n) is 4.21. The second kappa shape index (κ2) is 9.00. The van der Waals surface area contributed by atoms with Gasteiger partial charge in [-0.3, -0.25) is 14.5 Å². The quantitative estimate of drug-likeness (QED) is 0.176. The number of hydrogen-bond acceptors (Lipinski definition) is 5. The Hall–Kier alpha value is -3.39. The monoisotopic (exact) mass is 527 g/mol. The maximum Gasteiger partial charge on any atom is 0.300 e. The number of aliphatic hydroxyl groups excluding tert-OH is 1. The number of nitrogens with zero attached hydrogens (tertiary/aromatic N) is 1. The molecule has 0 bridgehead atoms. The number of anilines is 1. The summed E-state index contributed by atoms with van der Waals surface area (Å²) in [6, 6.07) is 14.9. The Morgan fingerprint density at radius 1 is 1.06 bits per heavy atom. The van der Waals surface area contributed by atoms with E-state index in [0.717, 1.165) is 16.2 Å². The molecule has 0 spiro atoms. The zero-order valence-electron chi connectivity index (χ0n) is 18.1. The highest BCUT2D eigenvalue weighted by atomic mass is 35.5. The standard InChI is InChI=1S/C26H16Cl2FNO4S/c1-34-20-9-7-14(11-18(20)28)30-23(13-6-8-17(27)19(29)10-13)22(25(32)26(30)33)24(31)16-12-35-21-5-3-2-4-15(16)21/h2-12,23,31H,1H3. The van der Waals surface area contributed by atoms with E-state index in [1.54, 1.807) is 17.5 Å². The van der Waals surface area contributed by atoms with Crippen molar-refractivity contribution < 1.29 is 23.8 Å². The van der Waals surface area contributed by atoms with Crippen molar-refractivity contribution in [3.8, 4) is 5.75 Å². The first kappa shape index (κ1) is 23.4. The number of hydrogen-bond donors (Lipinski definition) is 1. The maximum absolute atomic E-state index is 14.5. The van der Waals surface area contributed by atoms with Crippen LogP contribution in [-0.4, -0.2) is 23.9 Å². The van der Waals surface area contributed by atoms with Crippen molar-refractivity contribution in [2.75, 3.05) is 12.0 Å². The fraction of sp³-hybridized carbons (Fsp3) is 0.0769. The van der Waals surface area contributed by atoms with Crippen LogP contribution in [0.1, 0.15) is 17.2 Å². The molecular formula is C26H16Cl2FNO4S. The second-order valence-electron chi connectivity index (χ2n) is 7.81. The van der Waals surface area contributed by atoms with Crippen molar-refractivity contribution >= 4 is 67.8 Å². The lowest BCUT2D eigenvalue weighted by molar-refractivity contribution is -0.132. The number of thiophene rings is 1. The minimum Gasteiger partial charge on any atom is -0.507 e. The van der Waals surface area contributed by atoms with Gasteiger partial charge in [0, 0.05) is 26.7 Å². The Morgan fingerprint density at radius 3 is 2.54 bits per heavy atom. The SMILES string of the molecule is COc1ccc(N2C(=O)C(=O)C(=C(O)c3csc4ccccc34)C2c2ccc(Cl)c(F)c2)cc1Cl. The van der Waals surface area contributed by atoms with E-state index < -0.39 is 23.5 Å². The van der Waals surface area contributed by atoms with E-state index in [9.17, 15) is 19.1 Å². The third kappa shape index (κ3) is 3.86. The maximum atomic E-state index is 14.5. The molecule has 0 aliphatic carbocycles. The molecule has 4 aromatic rings. The summed E-state index contributed by atoms with van der Waals surface area (Å²) < 4.78 is 20.6. The summed E-state index contributed by atoms with van der Waals surface area (Å²) in [5.74, 6) is -2.46. The number of benzene rings is 3. The largest absolute Gasteiger partial charge is 0.507 e. The number of ketones is 1. The van der Waals surface area contributed by atoms with Gasteiger partial charge in [0.25, 0.3) is 11.7 Å². The molecule has 0 radical (unpaired) electrons. The number of Topliss-reactive ketones (excluding diaryl/α,β-unsaturated/α-hetero) is 1. The molecule has 1 atom stereocenters. The first-order valence-electron chi connectivity index (χ1n) is 10.4. The molecule has 1 aliphatic heterocycles. The van der Waals surface area contributed by atoms with Crippen LogP contribution in [-0.2, 0) is 9.59 Å². The zero-order valence-corrected chi connectivity index (χ0v) is 20.4. The number of amides is 1. The van der Waals surface area contributed by atoms with Gasteiger partial charge >= 0.3 is 0 Å². The lowest BCUT2D eigenvalue weighted by Gasteiger charge is -2.26. The minimum absolute atomic E-state index is 0.109. The molecular weight excluding hydrogens is 512 g/mol. The predicted molar refractivity (Wildman–Crippen MR) is 136 cm³/mol. The van der Waals surface area contributed by atoms with Gasteiger partial charge in [-0.25, -0.2) is 4.39 Å². The van der Waals surface area contributed by atoms with Gasteiger partial charge in [-0.1, -0.05) is 47.5 Å². The topological polar surface area (TPSA) is 66.8 Å². The number of aliphatic hydroxyl groups is 1. The van der Waals surface area contributed by atoms with Crippen molar-refractivity contribution in [2.24, 2.45) is 0 Å². The van der Waals surface area contributed by atoms with Crippen LogP contribution in [0.25, 0.3) is 15.8 Å². The van der Waals surface area contributed by atoms with Crippen molar-refractivity contribution in [1.82, 2.24) is 0 Å². The Morgan fingerprint density at radius 2 is 1.83 bits per heavy atom. The summed E-state index contributed by atoms with van der Waals surface area (Å²) in [6.45, 7) is 0. The van der Waals surface area contributed by atoms with Crippen molar-refractivity contribution in [3.63, 3.8) is 0 Å². The molecule has 35 heavy (non-hydrogen) atoms. The van der Waals surface area contributed by atoms with E-state index in [1.807, 2.05) is 24.3 Å². The van der Waals surface area contributed by atoms with Crippen LogP contribution >= 0.6 is 34.5 Å². The van der Waals surface area contributed by atoms with Gasteiger partial charge in [0.15, 0.2) is 0 Å². The number of carbonyl (C=O) groups is 2. The van der Waals surface area contributed by atoms with Crippen LogP contribution < -0.4 is 9.64 Å². The number of fused-ring (bicyclic) bond motifs is 1. The first-order chi connectivity index (χ1) is 16.8. The Bertz CT molecular complexity index is 1550. The third-order valence-electron chi connectivity index (χ3n) is 5.85. The third-order valence-corrected chi connectivity index (χ3v) is 7.42. The molecule has 1 fully saturated rings. The van der Waals surface area contributed by atoms with E-state index in [2.05, 4.69) is 0 Å². The Labute approximate surface area is 213 Å². The van der Waals surface area contributed by atoms with Crippen LogP contribution in [0.15, 0.2) is 71.6 Å². The molecule has 1 unspecified atom stereocenters. The van der Waals surface area contributed by atoms with E-state index in [0.29, 0.717) is 11.3 Å². The lowest BCUT2D eigenvalue weighted by Crippen LogP contribution is -2.29. The van der Waals surface area contributed by atoms with Gasteiger partial charge in [0.2, 0.25) is 0 Å². The van der Waals surface area contributed by atoms with Crippen LogP contribution in [0.3, 0.4) is 0 Å². The summed E-state index contributed by atoms with van der Waals surface area (Å²) >= 11 is 13.6. The Balaban J connectivity index is 1.76. The van der Waals surface area contributed by atoms with Crippen LogP contribution in [0, 0.1) is 5.82 Å². The molecule has 5 rings (SSSR count). The molecule has 1 N–H and O–H groups in total. The first-order valence-corrected chi connectivity index (χ1v) is 12.0. The van der Waals surface area contributed by atoms with Crippen LogP contribution in [0.4, 0.5) is 10.1 Å². The molecule has 1 amide bonds. The summed E-state index contributed by atoms with van der Waals surface area (Å²) in [5.41, 5.74) is 0.801. The lowest BCUT2D eigenvalue weighted by atomic mass is 9.95. The highest BCUT2D eigenvalue weighted by Crippen LogP contribution is 2.45. The van der Waals surface area contributed by atoms with Gasteiger partial charge < -0.3 is 9.84 Å². The number of methoxy groups -OCH3 is 1. The van der Waals surface area contributed by atoms with E-state index in [-0.39, 0.29) is 32.6 Å². The van der Waals surface area contributed by atoms with Gasteiger partial charge in [0.05, 0.1) is 28.8 Å². The number of carbonyl (C=O) groups excluding carboxylic acids is 2. The molecule has 1 aromatic heterocycles. The van der Waals surface area contributed by atoms with Gasteiger partial charge in [-0.2, -0.15) is 0 Å². The van der Waals surface area contributed by atoms with E-state index in [1.165, 1.54) is 41.5 Å². The average Bonchev–Trinajstić information content (AvgIpc) is 3.39. The summed E-state index contributed by atoms with van der Waals surface area (Å²) in [4.78, 5) is 27.8. The van der Waals surface area contributed by atoms with E-state index in [4.69, 9.17) is 27.9 Å². The molecule has 2 heterocycles. The van der Waals surface area contributed by atoms with Crippen LogP contribution in [0.2, 0.25) is 10.0 Å². The molecule has 176 valence electrons. The molecule has 5 nitrogen and oxygen atoms in total. The van der Waals surface area contributed by atoms with Gasteiger partial charge in [-0.05, 0) is 42.0 Å². The predicted octanol–water partition coefficient (Wildman–Crippen LogP) is 6.98.